The molecule has 0 aliphatic heterocycles. The summed E-state index contributed by atoms with van der Waals surface area (Å²) in [6, 6.07) is 27.0. The Labute approximate surface area is 190 Å². The summed E-state index contributed by atoms with van der Waals surface area (Å²) >= 11 is 0. The van der Waals surface area contributed by atoms with Crippen molar-refractivity contribution in [2.24, 2.45) is 0 Å². The van der Waals surface area contributed by atoms with Crippen LogP contribution in [0.25, 0.3) is 11.0 Å². The molecule has 4 heteroatoms. The highest BCUT2D eigenvalue weighted by molar-refractivity contribution is 5.78. The first-order chi connectivity index (χ1) is 15.6. The highest BCUT2D eigenvalue weighted by atomic mass is 16.1. The number of rotatable bonds is 9. The van der Waals surface area contributed by atoms with Gasteiger partial charge in [-0.25, -0.2) is 4.98 Å². The third-order valence-electron chi connectivity index (χ3n) is 5.83. The summed E-state index contributed by atoms with van der Waals surface area (Å²) in [7, 11) is 0. The molecule has 1 aromatic heterocycles. The molecule has 0 aliphatic rings. The molecule has 1 heterocycles. The van der Waals surface area contributed by atoms with Gasteiger partial charge < -0.3 is 9.88 Å². The number of carbonyl (C=O) groups excluding carboxylic acids is 1. The Balaban J connectivity index is 1.40. The highest BCUT2D eigenvalue weighted by Gasteiger charge is 2.11. The van der Waals surface area contributed by atoms with Gasteiger partial charge in [0.1, 0.15) is 5.82 Å². The quantitative estimate of drug-likeness (QED) is 0.360. The third kappa shape index (κ3) is 5.44. The molecule has 0 bridgehead atoms. The minimum Gasteiger partial charge on any atom is -0.356 e. The molecule has 1 amide bonds. The zero-order valence-corrected chi connectivity index (χ0v) is 18.9. The van der Waals surface area contributed by atoms with Crippen molar-refractivity contribution >= 4 is 16.9 Å². The van der Waals surface area contributed by atoms with E-state index < -0.39 is 0 Å². The van der Waals surface area contributed by atoms with E-state index >= 15 is 0 Å². The molecule has 0 unspecified atom stereocenters. The van der Waals surface area contributed by atoms with Crippen molar-refractivity contribution in [2.75, 3.05) is 6.54 Å². The lowest BCUT2D eigenvalue weighted by molar-refractivity contribution is -0.120. The van der Waals surface area contributed by atoms with E-state index in [0.29, 0.717) is 18.9 Å². The van der Waals surface area contributed by atoms with Crippen LogP contribution in [0.4, 0.5) is 0 Å². The van der Waals surface area contributed by atoms with Gasteiger partial charge >= 0.3 is 0 Å². The number of aromatic nitrogens is 2. The maximum atomic E-state index is 12.2. The van der Waals surface area contributed by atoms with Crippen LogP contribution in [0.3, 0.4) is 0 Å². The number of nitrogens with one attached hydrogen (secondary N) is 1. The Kier molecular flexibility index (Phi) is 7.00. The van der Waals surface area contributed by atoms with Crippen molar-refractivity contribution in [1.29, 1.82) is 0 Å². The lowest BCUT2D eigenvalue weighted by Crippen LogP contribution is -2.26. The predicted molar refractivity (Wildman–Crippen MR) is 131 cm³/mol. The first-order valence-electron chi connectivity index (χ1n) is 11.4. The fourth-order valence-corrected chi connectivity index (χ4v) is 4.00. The molecule has 0 fully saturated rings. The van der Waals surface area contributed by atoms with Gasteiger partial charge in [0.05, 0.1) is 17.5 Å². The van der Waals surface area contributed by atoms with E-state index in [9.17, 15) is 4.79 Å². The summed E-state index contributed by atoms with van der Waals surface area (Å²) in [4.78, 5) is 17.1. The van der Waals surface area contributed by atoms with Gasteiger partial charge in [-0.3, -0.25) is 4.79 Å². The number of hydrogen-bond donors (Lipinski definition) is 1. The Morgan fingerprint density at radius 2 is 1.62 bits per heavy atom. The maximum absolute atomic E-state index is 12.2. The van der Waals surface area contributed by atoms with Crippen LogP contribution in [0.5, 0.6) is 0 Å². The van der Waals surface area contributed by atoms with Gasteiger partial charge in [0.25, 0.3) is 0 Å². The summed E-state index contributed by atoms with van der Waals surface area (Å²) in [6.45, 7) is 5.89. The number of nitrogens with zero attached hydrogens (tertiary/aromatic N) is 2. The largest absolute Gasteiger partial charge is 0.356 e. The molecule has 4 rings (SSSR count). The topological polar surface area (TPSA) is 46.9 Å². The molecule has 0 radical (unpaired) electrons. The van der Waals surface area contributed by atoms with Gasteiger partial charge in [-0.05, 0) is 41.2 Å². The van der Waals surface area contributed by atoms with Crippen molar-refractivity contribution in [3.05, 3.63) is 101 Å². The molecule has 0 spiro atoms. The zero-order valence-electron chi connectivity index (χ0n) is 18.9. The fourth-order valence-electron chi connectivity index (χ4n) is 4.00. The van der Waals surface area contributed by atoms with Crippen molar-refractivity contribution in [3.8, 4) is 0 Å². The highest BCUT2D eigenvalue weighted by Crippen LogP contribution is 2.20. The zero-order chi connectivity index (χ0) is 22.3. The summed E-state index contributed by atoms with van der Waals surface area (Å²) in [5.41, 5.74) is 5.85. The fraction of sp³-hybridized carbons (Fsp3) is 0.286. The van der Waals surface area contributed by atoms with Crippen molar-refractivity contribution in [3.63, 3.8) is 0 Å². The maximum Gasteiger partial charge on any atom is 0.224 e. The number of carbonyl (C=O) groups is 1. The van der Waals surface area contributed by atoms with Crippen LogP contribution in [0.2, 0.25) is 0 Å². The number of imidazole rings is 1. The number of hydrogen-bond acceptors (Lipinski definition) is 2. The standard InChI is InChI=1S/C28H31N3O/c1-21(2)24-16-14-23(15-17-24)20-31-26-12-7-6-11-25(26)30-27(31)13-8-18-29-28(32)19-22-9-4-3-5-10-22/h3-7,9-12,14-17,21H,8,13,18-20H2,1-2H3,(H,29,32). The van der Waals surface area contributed by atoms with E-state index in [-0.39, 0.29) is 5.91 Å². The lowest BCUT2D eigenvalue weighted by atomic mass is 10.0. The molecule has 1 N–H and O–H groups in total. The molecular weight excluding hydrogens is 394 g/mol. The molecule has 0 saturated heterocycles. The minimum absolute atomic E-state index is 0.0648. The molecule has 32 heavy (non-hydrogen) atoms. The second-order valence-corrected chi connectivity index (χ2v) is 8.62. The van der Waals surface area contributed by atoms with Crippen LogP contribution in [-0.2, 0) is 24.2 Å². The lowest BCUT2D eigenvalue weighted by Gasteiger charge is -2.12. The van der Waals surface area contributed by atoms with Gasteiger partial charge in [0.15, 0.2) is 0 Å². The molecule has 164 valence electrons. The van der Waals surface area contributed by atoms with Crippen molar-refractivity contribution in [1.82, 2.24) is 14.9 Å². The molecule has 4 aromatic rings. The summed E-state index contributed by atoms with van der Waals surface area (Å²) in [6.07, 6.45) is 2.10. The second kappa shape index (κ2) is 10.3. The number of aryl methyl sites for hydroxylation is 1. The van der Waals surface area contributed by atoms with E-state index in [4.69, 9.17) is 4.98 Å². The Hall–Kier alpha value is -3.40. The molecule has 4 nitrogen and oxygen atoms in total. The van der Waals surface area contributed by atoms with Crippen LogP contribution in [0.15, 0.2) is 78.9 Å². The van der Waals surface area contributed by atoms with Crippen LogP contribution in [-0.4, -0.2) is 22.0 Å². The van der Waals surface area contributed by atoms with E-state index in [2.05, 4.69) is 66.2 Å². The van der Waals surface area contributed by atoms with Gasteiger partial charge in [-0.15, -0.1) is 0 Å². The molecule has 0 aliphatic carbocycles. The van der Waals surface area contributed by atoms with E-state index in [1.165, 1.54) is 11.1 Å². The predicted octanol–water partition coefficient (Wildman–Crippen LogP) is 5.50. The normalized spacial score (nSPS) is 11.2. The molecule has 0 saturated carbocycles. The van der Waals surface area contributed by atoms with Crippen LogP contribution >= 0.6 is 0 Å². The molecular formula is C28H31N3O. The average Bonchev–Trinajstić information content (AvgIpc) is 3.15. The van der Waals surface area contributed by atoms with Gasteiger partial charge in [0.2, 0.25) is 5.91 Å². The number of para-hydroxylation sites is 2. The number of benzene rings is 3. The molecule has 3 aromatic carbocycles. The Bertz CT molecular complexity index is 1160. The first kappa shape index (κ1) is 21.8. The minimum atomic E-state index is 0.0648. The third-order valence-corrected chi connectivity index (χ3v) is 5.83. The summed E-state index contributed by atoms with van der Waals surface area (Å²) < 4.78 is 2.31. The second-order valence-electron chi connectivity index (χ2n) is 8.62. The van der Waals surface area contributed by atoms with Gasteiger partial charge in [-0.1, -0.05) is 80.6 Å². The van der Waals surface area contributed by atoms with Gasteiger partial charge in [0, 0.05) is 19.5 Å². The Morgan fingerprint density at radius 1 is 0.906 bits per heavy atom. The summed E-state index contributed by atoms with van der Waals surface area (Å²) in [5.74, 6) is 1.66. The van der Waals surface area contributed by atoms with Crippen molar-refractivity contribution in [2.45, 2.75) is 45.6 Å². The smallest absolute Gasteiger partial charge is 0.224 e. The monoisotopic (exact) mass is 425 g/mol. The van der Waals surface area contributed by atoms with Crippen molar-refractivity contribution < 1.29 is 4.79 Å². The average molecular weight is 426 g/mol. The molecule has 0 atom stereocenters. The van der Waals surface area contributed by atoms with E-state index in [1.807, 2.05) is 36.4 Å². The van der Waals surface area contributed by atoms with Crippen LogP contribution < -0.4 is 5.32 Å². The van der Waals surface area contributed by atoms with E-state index in [1.54, 1.807) is 0 Å². The van der Waals surface area contributed by atoms with Crippen LogP contribution in [0, 0.1) is 0 Å². The van der Waals surface area contributed by atoms with Gasteiger partial charge in [-0.2, -0.15) is 0 Å². The summed E-state index contributed by atoms with van der Waals surface area (Å²) in [5, 5.41) is 3.05. The Morgan fingerprint density at radius 3 is 2.38 bits per heavy atom. The first-order valence-corrected chi connectivity index (χ1v) is 11.4. The number of fused-ring (bicyclic) bond motifs is 1. The number of amides is 1. The van der Waals surface area contributed by atoms with Crippen LogP contribution in [0.1, 0.15) is 48.7 Å². The van der Waals surface area contributed by atoms with E-state index in [0.717, 1.165) is 41.8 Å². The SMILES string of the molecule is CC(C)c1ccc(Cn2c(CCCNC(=O)Cc3ccccc3)nc3ccccc32)cc1.